The Morgan fingerprint density at radius 1 is 1.35 bits per heavy atom. The predicted molar refractivity (Wildman–Crippen MR) is 83.1 cm³/mol. The minimum Gasteiger partial charge on any atom is -0.497 e. The average molecular weight is 277 g/mol. The molecule has 0 aromatic heterocycles. The molecule has 0 amide bonds. The molecule has 0 saturated carbocycles. The first-order valence-electron chi connectivity index (χ1n) is 7.40. The van der Waals surface area contributed by atoms with Crippen LogP contribution < -0.4 is 10.5 Å². The molecule has 2 rings (SSSR count). The fourth-order valence-corrected chi connectivity index (χ4v) is 3.06. The Bertz CT molecular complexity index is 414. The van der Waals surface area contributed by atoms with E-state index < -0.39 is 0 Å². The van der Waals surface area contributed by atoms with E-state index in [1.165, 1.54) is 18.4 Å². The number of hydrogen-bond donors (Lipinski definition) is 1. The summed E-state index contributed by atoms with van der Waals surface area (Å²) < 4.78 is 5.32. The van der Waals surface area contributed by atoms with Crippen molar-refractivity contribution in [1.82, 2.24) is 9.80 Å². The van der Waals surface area contributed by atoms with Gasteiger partial charge in [-0.05, 0) is 44.6 Å². The highest BCUT2D eigenvalue weighted by atomic mass is 16.5. The number of ether oxygens (including phenoxy) is 1. The number of nitrogens with zero attached hydrogens (tertiary/aromatic N) is 2. The summed E-state index contributed by atoms with van der Waals surface area (Å²) in [5.41, 5.74) is 7.29. The molecule has 1 aliphatic rings. The lowest BCUT2D eigenvalue weighted by atomic mass is 9.98. The van der Waals surface area contributed by atoms with E-state index in [0.29, 0.717) is 18.6 Å². The normalized spacial score (nSPS) is 19.2. The fraction of sp³-hybridized carbons (Fsp3) is 0.625. The van der Waals surface area contributed by atoms with E-state index in [2.05, 4.69) is 36.0 Å². The Labute approximate surface area is 122 Å². The molecule has 1 unspecified atom stereocenters. The molecule has 1 aliphatic heterocycles. The van der Waals surface area contributed by atoms with Crippen LogP contribution >= 0.6 is 0 Å². The van der Waals surface area contributed by atoms with Gasteiger partial charge in [-0.15, -0.1) is 0 Å². The Balaban J connectivity index is 2.05. The molecule has 112 valence electrons. The summed E-state index contributed by atoms with van der Waals surface area (Å²) in [6, 6.07) is 9.29. The Hall–Kier alpha value is -1.10. The molecular formula is C16H27N3O. The van der Waals surface area contributed by atoms with Crippen LogP contribution in [0.3, 0.4) is 0 Å². The lowest BCUT2D eigenvalue weighted by molar-refractivity contribution is 0.111. The second-order valence-electron chi connectivity index (χ2n) is 5.76. The van der Waals surface area contributed by atoms with E-state index in [4.69, 9.17) is 10.5 Å². The molecule has 4 heteroatoms. The first-order valence-corrected chi connectivity index (χ1v) is 7.40. The largest absolute Gasteiger partial charge is 0.497 e. The van der Waals surface area contributed by atoms with Crippen LogP contribution in [0.25, 0.3) is 0 Å². The van der Waals surface area contributed by atoms with E-state index in [0.717, 1.165) is 18.8 Å². The van der Waals surface area contributed by atoms with Gasteiger partial charge in [-0.2, -0.15) is 0 Å². The second kappa shape index (κ2) is 7.07. The summed E-state index contributed by atoms with van der Waals surface area (Å²) in [6.07, 6.45) is 2.43. The van der Waals surface area contributed by atoms with Gasteiger partial charge in [-0.1, -0.05) is 12.1 Å². The molecule has 0 aliphatic carbocycles. The van der Waals surface area contributed by atoms with Crippen molar-refractivity contribution in [2.75, 3.05) is 40.8 Å². The topological polar surface area (TPSA) is 41.7 Å². The highest BCUT2D eigenvalue weighted by Crippen LogP contribution is 2.27. The van der Waals surface area contributed by atoms with E-state index in [9.17, 15) is 0 Å². The summed E-state index contributed by atoms with van der Waals surface area (Å²) in [7, 11) is 6.05. The zero-order valence-electron chi connectivity index (χ0n) is 12.9. The van der Waals surface area contributed by atoms with Crippen LogP contribution in [0.15, 0.2) is 24.3 Å². The maximum atomic E-state index is 6.03. The molecule has 1 aromatic rings. The zero-order chi connectivity index (χ0) is 14.5. The average Bonchev–Trinajstić information content (AvgIpc) is 2.49. The van der Waals surface area contributed by atoms with Gasteiger partial charge in [0.25, 0.3) is 0 Å². The number of piperidine rings is 1. The van der Waals surface area contributed by atoms with Gasteiger partial charge >= 0.3 is 0 Å². The molecule has 20 heavy (non-hydrogen) atoms. The standard InChI is InChI=1S/C16H27N3O/c1-18(2)14-7-9-19(10-8-14)16(12-17)13-5-4-6-15(11-13)20-3/h4-6,11,14,16H,7-10,12,17H2,1-3H3. The first-order chi connectivity index (χ1) is 9.65. The summed E-state index contributed by atoms with van der Waals surface area (Å²) in [4.78, 5) is 4.84. The summed E-state index contributed by atoms with van der Waals surface area (Å²) in [5, 5.41) is 0. The molecule has 2 N–H and O–H groups in total. The number of nitrogens with two attached hydrogens (primary N) is 1. The number of likely N-dealkylation sites (tertiary alicyclic amines) is 1. The zero-order valence-corrected chi connectivity index (χ0v) is 12.9. The molecule has 1 heterocycles. The van der Waals surface area contributed by atoms with Crippen molar-refractivity contribution in [1.29, 1.82) is 0 Å². The number of benzene rings is 1. The molecule has 1 atom stereocenters. The maximum absolute atomic E-state index is 6.03. The van der Waals surface area contributed by atoms with E-state index in [1.807, 2.05) is 12.1 Å². The Kier molecular flexibility index (Phi) is 5.40. The second-order valence-corrected chi connectivity index (χ2v) is 5.76. The van der Waals surface area contributed by atoms with Crippen molar-refractivity contribution in [2.45, 2.75) is 24.9 Å². The smallest absolute Gasteiger partial charge is 0.119 e. The number of methoxy groups -OCH3 is 1. The fourth-order valence-electron chi connectivity index (χ4n) is 3.06. The minimum atomic E-state index is 0.299. The van der Waals surface area contributed by atoms with E-state index >= 15 is 0 Å². The summed E-state index contributed by atoms with van der Waals surface area (Å²) in [5.74, 6) is 0.907. The highest BCUT2D eigenvalue weighted by Gasteiger charge is 2.26. The van der Waals surface area contributed by atoms with Crippen molar-refractivity contribution < 1.29 is 4.74 Å². The van der Waals surface area contributed by atoms with Crippen molar-refractivity contribution in [3.05, 3.63) is 29.8 Å². The number of hydrogen-bond acceptors (Lipinski definition) is 4. The van der Waals surface area contributed by atoms with Gasteiger partial charge < -0.3 is 15.4 Å². The van der Waals surface area contributed by atoms with Gasteiger partial charge in [0, 0.05) is 31.7 Å². The Morgan fingerprint density at radius 3 is 2.60 bits per heavy atom. The van der Waals surface area contributed by atoms with Crippen LogP contribution in [-0.2, 0) is 0 Å². The van der Waals surface area contributed by atoms with Gasteiger partial charge in [0.2, 0.25) is 0 Å². The van der Waals surface area contributed by atoms with Crippen LogP contribution in [-0.4, -0.2) is 56.7 Å². The molecule has 0 bridgehead atoms. The predicted octanol–water partition coefficient (Wildman–Crippen LogP) is 1.72. The summed E-state index contributed by atoms with van der Waals surface area (Å²) >= 11 is 0. The van der Waals surface area contributed by atoms with Crippen LogP contribution in [0.4, 0.5) is 0 Å². The van der Waals surface area contributed by atoms with Crippen molar-refractivity contribution in [2.24, 2.45) is 5.73 Å². The van der Waals surface area contributed by atoms with Gasteiger partial charge in [0.15, 0.2) is 0 Å². The molecule has 1 fully saturated rings. The first kappa shape index (κ1) is 15.3. The van der Waals surface area contributed by atoms with Gasteiger partial charge in [0.05, 0.1) is 7.11 Å². The third-order valence-corrected chi connectivity index (χ3v) is 4.37. The van der Waals surface area contributed by atoms with Crippen LogP contribution in [0.2, 0.25) is 0 Å². The lowest BCUT2D eigenvalue weighted by Crippen LogP contribution is -2.45. The quantitative estimate of drug-likeness (QED) is 0.890. The molecule has 1 saturated heterocycles. The molecule has 4 nitrogen and oxygen atoms in total. The van der Waals surface area contributed by atoms with Crippen LogP contribution in [0, 0.1) is 0 Å². The van der Waals surface area contributed by atoms with Crippen LogP contribution in [0.5, 0.6) is 5.75 Å². The third-order valence-electron chi connectivity index (χ3n) is 4.37. The molecule has 0 radical (unpaired) electrons. The van der Waals surface area contributed by atoms with Crippen molar-refractivity contribution >= 4 is 0 Å². The van der Waals surface area contributed by atoms with Gasteiger partial charge in [0.1, 0.15) is 5.75 Å². The highest BCUT2D eigenvalue weighted by molar-refractivity contribution is 5.30. The van der Waals surface area contributed by atoms with Crippen molar-refractivity contribution in [3.8, 4) is 5.75 Å². The van der Waals surface area contributed by atoms with Gasteiger partial charge in [-0.3, -0.25) is 4.90 Å². The van der Waals surface area contributed by atoms with Crippen LogP contribution in [0.1, 0.15) is 24.4 Å². The van der Waals surface area contributed by atoms with Crippen molar-refractivity contribution in [3.63, 3.8) is 0 Å². The molecule has 1 aromatic carbocycles. The maximum Gasteiger partial charge on any atom is 0.119 e. The SMILES string of the molecule is COc1cccc(C(CN)N2CCC(N(C)C)CC2)c1. The lowest BCUT2D eigenvalue weighted by Gasteiger charge is -2.39. The molecular weight excluding hydrogens is 250 g/mol. The Morgan fingerprint density at radius 2 is 2.05 bits per heavy atom. The third kappa shape index (κ3) is 3.51. The van der Waals surface area contributed by atoms with Gasteiger partial charge in [-0.25, -0.2) is 0 Å². The minimum absolute atomic E-state index is 0.299. The summed E-state index contributed by atoms with van der Waals surface area (Å²) in [6.45, 7) is 2.88. The monoisotopic (exact) mass is 277 g/mol. The number of rotatable bonds is 5. The van der Waals surface area contributed by atoms with E-state index in [-0.39, 0.29) is 0 Å². The molecule has 0 spiro atoms. The van der Waals surface area contributed by atoms with E-state index in [1.54, 1.807) is 7.11 Å².